The minimum atomic E-state index is -0.466. The average Bonchev–Trinajstić information content (AvgIpc) is 2.57. The van der Waals surface area contributed by atoms with Gasteiger partial charge in [0.1, 0.15) is 5.82 Å². The number of benzene rings is 1. The number of halogens is 2. The Hall–Kier alpha value is -1.98. The Morgan fingerprint density at radius 2 is 1.95 bits per heavy atom. The van der Waals surface area contributed by atoms with Gasteiger partial charge in [-0.3, -0.25) is 9.78 Å². The van der Waals surface area contributed by atoms with Crippen LogP contribution in [-0.2, 0) is 0 Å². The molecule has 0 spiro atoms. The van der Waals surface area contributed by atoms with Crippen molar-refractivity contribution in [1.29, 1.82) is 0 Å². The SMILES string of the molecule is O=C(c1cncc(-c2ccc(F)c(Cl)c2)c1)N1CCNCC1. The Kier molecular flexibility index (Phi) is 4.36. The summed E-state index contributed by atoms with van der Waals surface area (Å²) in [7, 11) is 0. The molecule has 1 N–H and O–H groups in total. The number of nitrogens with zero attached hydrogens (tertiary/aromatic N) is 2. The van der Waals surface area contributed by atoms with Crippen LogP contribution in [0.4, 0.5) is 4.39 Å². The van der Waals surface area contributed by atoms with Crippen LogP contribution in [0.2, 0.25) is 5.02 Å². The lowest BCUT2D eigenvalue weighted by molar-refractivity contribution is 0.0735. The average molecular weight is 320 g/mol. The van der Waals surface area contributed by atoms with E-state index < -0.39 is 5.82 Å². The van der Waals surface area contributed by atoms with Crippen LogP contribution in [0.3, 0.4) is 0 Å². The van der Waals surface area contributed by atoms with E-state index in [0.29, 0.717) is 18.7 Å². The Balaban J connectivity index is 1.88. The normalized spacial score (nSPS) is 14.9. The highest BCUT2D eigenvalue weighted by atomic mass is 35.5. The maximum atomic E-state index is 13.3. The van der Waals surface area contributed by atoms with Crippen molar-refractivity contribution in [3.63, 3.8) is 0 Å². The quantitative estimate of drug-likeness (QED) is 0.925. The number of aromatic nitrogens is 1. The third kappa shape index (κ3) is 3.10. The van der Waals surface area contributed by atoms with Gasteiger partial charge in [0.15, 0.2) is 0 Å². The smallest absolute Gasteiger partial charge is 0.255 e. The predicted molar refractivity (Wildman–Crippen MR) is 83.4 cm³/mol. The molecule has 0 saturated carbocycles. The standard InChI is InChI=1S/C16H15ClFN3O/c17-14-8-11(1-2-15(14)18)12-7-13(10-20-9-12)16(22)21-5-3-19-4-6-21/h1-2,7-10,19H,3-6H2. The van der Waals surface area contributed by atoms with Gasteiger partial charge in [0, 0.05) is 44.1 Å². The van der Waals surface area contributed by atoms with E-state index in [1.165, 1.54) is 12.1 Å². The molecule has 1 fully saturated rings. The van der Waals surface area contributed by atoms with E-state index in [4.69, 9.17) is 11.6 Å². The first-order valence-electron chi connectivity index (χ1n) is 7.05. The second kappa shape index (κ2) is 6.42. The van der Waals surface area contributed by atoms with E-state index in [0.717, 1.165) is 24.2 Å². The maximum absolute atomic E-state index is 13.3. The van der Waals surface area contributed by atoms with E-state index in [-0.39, 0.29) is 10.9 Å². The third-order valence-corrected chi connectivity index (χ3v) is 3.93. The van der Waals surface area contributed by atoms with Gasteiger partial charge >= 0.3 is 0 Å². The summed E-state index contributed by atoms with van der Waals surface area (Å²) < 4.78 is 13.3. The first-order valence-corrected chi connectivity index (χ1v) is 7.43. The maximum Gasteiger partial charge on any atom is 0.255 e. The Morgan fingerprint density at radius 1 is 1.18 bits per heavy atom. The lowest BCUT2D eigenvalue weighted by atomic mass is 10.1. The summed E-state index contributed by atoms with van der Waals surface area (Å²) in [4.78, 5) is 18.4. The van der Waals surface area contributed by atoms with Crippen molar-refractivity contribution in [1.82, 2.24) is 15.2 Å². The highest BCUT2D eigenvalue weighted by Gasteiger charge is 2.18. The topological polar surface area (TPSA) is 45.2 Å². The van der Waals surface area contributed by atoms with Crippen LogP contribution in [-0.4, -0.2) is 42.0 Å². The molecule has 0 unspecified atom stereocenters. The minimum absolute atomic E-state index is 0.0379. The van der Waals surface area contributed by atoms with Gasteiger partial charge in [0.25, 0.3) is 5.91 Å². The molecule has 0 bridgehead atoms. The molecule has 1 aliphatic heterocycles. The van der Waals surface area contributed by atoms with Gasteiger partial charge in [0.05, 0.1) is 10.6 Å². The van der Waals surface area contributed by atoms with Crippen LogP contribution in [0.1, 0.15) is 10.4 Å². The predicted octanol–water partition coefficient (Wildman–Crippen LogP) is 2.59. The van der Waals surface area contributed by atoms with Crippen molar-refractivity contribution < 1.29 is 9.18 Å². The molecule has 0 aliphatic carbocycles. The van der Waals surface area contributed by atoms with Gasteiger partial charge in [-0.2, -0.15) is 0 Å². The van der Waals surface area contributed by atoms with Gasteiger partial charge in [-0.25, -0.2) is 4.39 Å². The summed E-state index contributed by atoms with van der Waals surface area (Å²) in [5, 5.41) is 3.26. The van der Waals surface area contributed by atoms with E-state index in [9.17, 15) is 9.18 Å². The molecule has 2 aromatic rings. The number of pyridine rings is 1. The van der Waals surface area contributed by atoms with Crippen LogP contribution in [0.15, 0.2) is 36.7 Å². The molecule has 2 heterocycles. The summed E-state index contributed by atoms with van der Waals surface area (Å²) >= 11 is 5.81. The fourth-order valence-electron chi connectivity index (χ4n) is 2.44. The van der Waals surface area contributed by atoms with E-state index >= 15 is 0 Å². The highest BCUT2D eigenvalue weighted by Crippen LogP contribution is 2.25. The largest absolute Gasteiger partial charge is 0.336 e. The highest BCUT2D eigenvalue weighted by molar-refractivity contribution is 6.31. The van der Waals surface area contributed by atoms with Gasteiger partial charge in [-0.1, -0.05) is 17.7 Å². The number of nitrogens with one attached hydrogen (secondary N) is 1. The Morgan fingerprint density at radius 3 is 2.68 bits per heavy atom. The summed E-state index contributed by atoms with van der Waals surface area (Å²) in [5.74, 6) is -0.504. The summed E-state index contributed by atoms with van der Waals surface area (Å²) in [6.07, 6.45) is 3.19. The van der Waals surface area contributed by atoms with E-state index in [2.05, 4.69) is 10.3 Å². The monoisotopic (exact) mass is 319 g/mol. The van der Waals surface area contributed by atoms with Crippen molar-refractivity contribution in [2.24, 2.45) is 0 Å². The zero-order chi connectivity index (χ0) is 15.5. The molecule has 1 aromatic heterocycles. The second-order valence-electron chi connectivity index (χ2n) is 5.13. The number of rotatable bonds is 2. The molecule has 0 radical (unpaired) electrons. The van der Waals surface area contributed by atoms with E-state index in [1.54, 1.807) is 29.4 Å². The minimum Gasteiger partial charge on any atom is -0.336 e. The van der Waals surface area contributed by atoms with Crippen LogP contribution in [0.25, 0.3) is 11.1 Å². The lowest BCUT2D eigenvalue weighted by Crippen LogP contribution is -2.46. The number of carbonyl (C=O) groups is 1. The van der Waals surface area contributed by atoms with E-state index in [1.807, 2.05) is 0 Å². The molecular formula is C16H15ClFN3O. The molecule has 1 aromatic carbocycles. The zero-order valence-electron chi connectivity index (χ0n) is 11.9. The van der Waals surface area contributed by atoms with Crippen LogP contribution in [0.5, 0.6) is 0 Å². The molecule has 1 aliphatic rings. The molecular weight excluding hydrogens is 305 g/mol. The summed E-state index contributed by atoms with van der Waals surface area (Å²) in [6, 6.07) is 6.23. The number of piperazine rings is 1. The van der Waals surface area contributed by atoms with Crippen molar-refractivity contribution in [3.8, 4) is 11.1 Å². The zero-order valence-corrected chi connectivity index (χ0v) is 12.6. The van der Waals surface area contributed by atoms with Crippen LogP contribution < -0.4 is 5.32 Å². The molecule has 3 rings (SSSR count). The van der Waals surface area contributed by atoms with Crippen molar-refractivity contribution in [2.75, 3.05) is 26.2 Å². The van der Waals surface area contributed by atoms with Gasteiger partial charge in [-0.05, 0) is 23.8 Å². The number of hydrogen-bond acceptors (Lipinski definition) is 3. The van der Waals surface area contributed by atoms with Crippen molar-refractivity contribution in [2.45, 2.75) is 0 Å². The Labute approximate surface area is 132 Å². The molecule has 1 saturated heterocycles. The van der Waals surface area contributed by atoms with Gasteiger partial charge < -0.3 is 10.2 Å². The number of carbonyl (C=O) groups excluding carboxylic acids is 1. The fraction of sp³-hybridized carbons (Fsp3) is 0.250. The van der Waals surface area contributed by atoms with Crippen molar-refractivity contribution >= 4 is 17.5 Å². The number of hydrogen-bond donors (Lipinski definition) is 1. The third-order valence-electron chi connectivity index (χ3n) is 3.64. The lowest BCUT2D eigenvalue weighted by Gasteiger charge is -2.27. The molecule has 22 heavy (non-hydrogen) atoms. The molecule has 0 atom stereocenters. The van der Waals surface area contributed by atoms with Gasteiger partial charge in [-0.15, -0.1) is 0 Å². The first kappa shape index (κ1) is 14.9. The number of amides is 1. The summed E-state index contributed by atoms with van der Waals surface area (Å²) in [5.41, 5.74) is 2.00. The second-order valence-corrected chi connectivity index (χ2v) is 5.54. The molecule has 114 valence electrons. The van der Waals surface area contributed by atoms with Crippen LogP contribution in [0, 0.1) is 5.82 Å². The summed E-state index contributed by atoms with van der Waals surface area (Å²) in [6.45, 7) is 2.97. The molecule has 4 nitrogen and oxygen atoms in total. The fourth-order valence-corrected chi connectivity index (χ4v) is 2.62. The van der Waals surface area contributed by atoms with Gasteiger partial charge in [0.2, 0.25) is 0 Å². The Bertz CT molecular complexity index is 702. The van der Waals surface area contributed by atoms with Crippen LogP contribution >= 0.6 is 11.6 Å². The molecule has 1 amide bonds. The first-order chi connectivity index (χ1) is 10.6. The van der Waals surface area contributed by atoms with Crippen molar-refractivity contribution in [3.05, 3.63) is 53.1 Å². The molecule has 6 heteroatoms.